The molecule has 5 nitrogen and oxygen atoms in total. The average molecular weight is 300 g/mol. The Bertz CT molecular complexity index is 562. The lowest BCUT2D eigenvalue weighted by atomic mass is 9.82. The van der Waals surface area contributed by atoms with E-state index in [9.17, 15) is 8.42 Å². The van der Waals surface area contributed by atoms with Crippen LogP contribution in [0.25, 0.3) is 0 Å². The number of methoxy groups -OCH3 is 1. The first kappa shape index (κ1) is 16.8. The topological polar surface area (TPSA) is 81.4 Å². The Labute approximate surface area is 121 Å². The summed E-state index contributed by atoms with van der Waals surface area (Å²) in [6.45, 7) is 8.61. The van der Waals surface area contributed by atoms with Gasteiger partial charge in [0.1, 0.15) is 10.6 Å². The second-order valence-corrected chi connectivity index (χ2v) is 7.76. The molecule has 0 saturated carbocycles. The van der Waals surface area contributed by atoms with Gasteiger partial charge in [-0.1, -0.05) is 27.7 Å². The first-order valence-corrected chi connectivity index (χ1v) is 7.99. The maximum Gasteiger partial charge on any atom is 0.244 e. The number of ether oxygens (including phenoxy) is 1. The minimum atomic E-state index is -3.64. The quantitative estimate of drug-likeness (QED) is 0.817. The van der Waals surface area contributed by atoms with Gasteiger partial charge >= 0.3 is 0 Å². The van der Waals surface area contributed by atoms with E-state index >= 15 is 0 Å². The van der Waals surface area contributed by atoms with Crippen molar-refractivity contribution in [1.29, 1.82) is 0 Å². The molecule has 1 aromatic rings. The van der Waals surface area contributed by atoms with Gasteiger partial charge in [0.05, 0.1) is 7.11 Å². The number of benzene rings is 1. The largest absolute Gasteiger partial charge is 0.495 e. The van der Waals surface area contributed by atoms with Crippen molar-refractivity contribution in [2.24, 2.45) is 11.3 Å². The third kappa shape index (κ3) is 4.11. The maximum atomic E-state index is 12.3. The van der Waals surface area contributed by atoms with Crippen molar-refractivity contribution in [3.63, 3.8) is 0 Å². The van der Waals surface area contributed by atoms with Gasteiger partial charge in [-0.05, 0) is 29.5 Å². The second kappa shape index (κ2) is 6.01. The van der Waals surface area contributed by atoms with Crippen LogP contribution in [-0.2, 0) is 10.0 Å². The van der Waals surface area contributed by atoms with E-state index in [0.29, 0.717) is 12.2 Å². The molecule has 0 aliphatic rings. The van der Waals surface area contributed by atoms with Crippen molar-refractivity contribution >= 4 is 15.7 Å². The molecule has 0 amide bonds. The molecular weight excluding hydrogens is 276 g/mol. The number of nitrogens with two attached hydrogens (primary N) is 1. The lowest BCUT2D eigenvalue weighted by molar-refractivity contribution is 0.263. The highest BCUT2D eigenvalue weighted by Crippen LogP contribution is 2.28. The average Bonchev–Trinajstić information content (AvgIpc) is 2.34. The molecule has 0 aromatic heterocycles. The fraction of sp³-hybridized carbons (Fsp3) is 0.571. The van der Waals surface area contributed by atoms with Crippen LogP contribution in [0.15, 0.2) is 23.1 Å². The Morgan fingerprint density at radius 3 is 2.45 bits per heavy atom. The number of rotatable bonds is 5. The molecule has 1 atom stereocenters. The molecular formula is C14H24N2O3S. The molecule has 114 valence electrons. The number of nitrogen functional groups attached to an aromatic ring is 1. The lowest BCUT2D eigenvalue weighted by Crippen LogP contribution is -2.33. The SMILES string of the molecule is COc1ccc(N)cc1S(=O)(=O)NCC(C)C(C)(C)C. The van der Waals surface area contributed by atoms with Crippen molar-refractivity contribution in [3.8, 4) is 5.75 Å². The summed E-state index contributed by atoms with van der Waals surface area (Å²) >= 11 is 0. The van der Waals surface area contributed by atoms with Crippen LogP contribution in [0.3, 0.4) is 0 Å². The molecule has 3 N–H and O–H groups in total. The summed E-state index contributed by atoms with van der Waals surface area (Å²) < 4.78 is 32.4. The molecule has 0 aliphatic heterocycles. The molecule has 0 spiro atoms. The van der Waals surface area contributed by atoms with E-state index in [1.54, 1.807) is 12.1 Å². The standard InChI is InChI=1S/C14H24N2O3S/c1-10(14(2,3)4)9-16-20(17,18)13-8-11(15)6-7-12(13)19-5/h6-8,10,16H,9,15H2,1-5H3. The third-order valence-electron chi connectivity index (χ3n) is 3.54. The first-order valence-electron chi connectivity index (χ1n) is 6.51. The van der Waals surface area contributed by atoms with E-state index < -0.39 is 10.0 Å². The van der Waals surface area contributed by atoms with Crippen molar-refractivity contribution < 1.29 is 13.2 Å². The van der Waals surface area contributed by atoms with Crippen LogP contribution in [0, 0.1) is 11.3 Å². The molecule has 0 bridgehead atoms. The fourth-order valence-electron chi connectivity index (χ4n) is 1.52. The molecule has 0 fully saturated rings. The summed E-state index contributed by atoms with van der Waals surface area (Å²) in [7, 11) is -2.20. The van der Waals surface area contributed by atoms with Crippen molar-refractivity contribution in [2.75, 3.05) is 19.4 Å². The summed E-state index contributed by atoms with van der Waals surface area (Å²) in [5, 5.41) is 0. The van der Waals surface area contributed by atoms with Crippen molar-refractivity contribution in [1.82, 2.24) is 4.72 Å². The Morgan fingerprint density at radius 2 is 1.95 bits per heavy atom. The molecule has 0 saturated heterocycles. The molecule has 0 heterocycles. The van der Waals surface area contributed by atoms with Crippen LogP contribution in [0.4, 0.5) is 5.69 Å². The highest BCUT2D eigenvalue weighted by molar-refractivity contribution is 7.89. The van der Waals surface area contributed by atoms with Gasteiger partial charge in [-0.15, -0.1) is 0 Å². The van der Waals surface area contributed by atoms with Gasteiger partial charge in [-0.25, -0.2) is 13.1 Å². The normalized spacial score (nSPS) is 14.1. The summed E-state index contributed by atoms with van der Waals surface area (Å²) in [5.74, 6) is 0.486. The zero-order chi connectivity index (χ0) is 15.6. The lowest BCUT2D eigenvalue weighted by Gasteiger charge is -2.27. The Hall–Kier alpha value is -1.27. The molecule has 1 rings (SSSR count). The van der Waals surface area contributed by atoms with Crippen molar-refractivity contribution in [2.45, 2.75) is 32.6 Å². The predicted octanol–water partition coefficient (Wildman–Crippen LogP) is 2.24. The first-order chi connectivity index (χ1) is 9.08. The molecule has 6 heteroatoms. The molecule has 1 aromatic carbocycles. The van der Waals surface area contributed by atoms with Gasteiger partial charge in [0.15, 0.2) is 0 Å². The van der Waals surface area contributed by atoms with Crippen LogP contribution in [-0.4, -0.2) is 22.1 Å². The predicted molar refractivity (Wildman–Crippen MR) is 81.2 cm³/mol. The minimum Gasteiger partial charge on any atom is -0.495 e. The fourth-order valence-corrected chi connectivity index (χ4v) is 2.85. The summed E-state index contributed by atoms with van der Waals surface area (Å²) in [5.41, 5.74) is 6.07. The highest BCUT2D eigenvalue weighted by Gasteiger charge is 2.24. The number of sulfonamides is 1. The highest BCUT2D eigenvalue weighted by atomic mass is 32.2. The van der Waals surface area contributed by atoms with E-state index in [-0.39, 0.29) is 22.0 Å². The number of anilines is 1. The smallest absolute Gasteiger partial charge is 0.244 e. The number of hydrogen-bond acceptors (Lipinski definition) is 4. The van der Waals surface area contributed by atoms with Crippen LogP contribution >= 0.6 is 0 Å². The van der Waals surface area contributed by atoms with E-state index in [1.165, 1.54) is 13.2 Å². The minimum absolute atomic E-state index is 0.0301. The Balaban J connectivity index is 2.98. The van der Waals surface area contributed by atoms with Crippen molar-refractivity contribution in [3.05, 3.63) is 18.2 Å². The molecule has 0 radical (unpaired) electrons. The van der Waals surface area contributed by atoms with Gasteiger partial charge in [0, 0.05) is 12.2 Å². The number of nitrogens with one attached hydrogen (secondary N) is 1. The van der Waals surface area contributed by atoms with Crippen LogP contribution in [0.1, 0.15) is 27.7 Å². The number of hydrogen-bond donors (Lipinski definition) is 2. The maximum absolute atomic E-state index is 12.3. The van der Waals surface area contributed by atoms with Gasteiger partial charge < -0.3 is 10.5 Å². The summed E-state index contributed by atoms with van der Waals surface area (Å²) in [6, 6.07) is 4.57. The van der Waals surface area contributed by atoms with Crippen LogP contribution in [0.2, 0.25) is 0 Å². The van der Waals surface area contributed by atoms with E-state index in [2.05, 4.69) is 25.5 Å². The summed E-state index contributed by atoms with van der Waals surface area (Å²) in [4.78, 5) is 0.0705. The monoisotopic (exact) mass is 300 g/mol. The zero-order valence-electron chi connectivity index (χ0n) is 12.7. The summed E-state index contributed by atoms with van der Waals surface area (Å²) in [6.07, 6.45) is 0. The van der Waals surface area contributed by atoms with Gasteiger partial charge in [0.2, 0.25) is 10.0 Å². The van der Waals surface area contributed by atoms with Gasteiger partial charge in [-0.3, -0.25) is 0 Å². The molecule has 0 aliphatic carbocycles. The second-order valence-electron chi connectivity index (χ2n) is 6.03. The van der Waals surface area contributed by atoms with E-state index in [0.717, 1.165) is 0 Å². The molecule has 1 unspecified atom stereocenters. The zero-order valence-corrected chi connectivity index (χ0v) is 13.5. The van der Waals surface area contributed by atoms with Gasteiger partial charge in [0.25, 0.3) is 0 Å². The van der Waals surface area contributed by atoms with E-state index in [1.807, 2.05) is 6.92 Å². The Morgan fingerprint density at radius 1 is 1.35 bits per heavy atom. The third-order valence-corrected chi connectivity index (χ3v) is 4.98. The molecule has 20 heavy (non-hydrogen) atoms. The Kier molecular flexibility index (Phi) is 5.05. The van der Waals surface area contributed by atoms with Crippen LogP contribution in [0.5, 0.6) is 5.75 Å². The van der Waals surface area contributed by atoms with Crippen LogP contribution < -0.4 is 15.2 Å². The van der Waals surface area contributed by atoms with E-state index in [4.69, 9.17) is 10.5 Å². The van der Waals surface area contributed by atoms with Gasteiger partial charge in [-0.2, -0.15) is 0 Å².